The molecule has 0 aliphatic carbocycles. The Kier molecular flexibility index (Phi) is 5.95. The number of hydrogen-bond acceptors (Lipinski definition) is 5. The third-order valence-corrected chi connectivity index (χ3v) is 5.76. The second kappa shape index (κ2) is 8.78. The Bertz CT molecular complexity index is 797. The molecule has 0 bridgehead atoms. The predicted molar refractivity (Wildman–Crippen MR) is 112 cm³/mol. The van der Waals surface area contributed by atoms with Gasteiger partial charge in [-0.2, -0.15) is 0 Å². The van der Waals surface area contributed by atoms with Gasteiger partial charge in [-0.1, -0.05) is 30.5 Å². The summed E-state index contributed by atoms with van der Waals surface area (Å²) in [6, 6.07) is 7.96. The van der Waals surface area contributed by atoms with Gasteiger partial charge in [-0.25, -0.2) is 9.97 Å². The van der Waals surface area contributed by atoms with Crippen LogP contribution in [0.1, 0.15) is 36.2 Å². The molecule has 2 aromatic rings. The van der Waals surface area contributed by atoms with Crippen molar-refractivity contribution in [3.05, 3.63) is 47.4 Å². The minimum atomic E-state index is 0.00623. The lowest BCUT2D eigenvalue weighted by molar-refractivity contribution is 0.0755. The fourth-order valence-electron chi connectivity index (χ4n) is 3.90. The molecule has 28 heavy (non-hydrogen) atoms. The molecule has 0 unspecified atom stereocenters. The van der Waals surface area contributed by atoms with E-state index in [1.807, 2.05) is 23.1 Å². The van der Waals surface area contributed by atoms with Crippen LogP contribution in [0.25, 0.3) is 0 Å². The number of piperazine rings is 1. The van der Waals surface area contributed by atoms with E-state index in [0.717, 1.165) is 68.6 Å². The molecule has 2 fully saturated rings. The Balaban J connectivity index is 1.36. The molecule has 148 valence electrons. The highest BCUT2D eigenvalue weighted by atomic mass is 35.5. The standard InChI is InChI=1S/C21H26ClN5O/c22-17-6-5-7-18(14-17)25-10-12-26(13-11-25)20-16-23-19(15-24-20)21(28)27-8-3-1-2-4-9-27/h5-7,14-16H,1-4,8-13H2. The Labute approximate surface area is 171 Å². The van der Waals surface area contributed by atoms with Gasteiger partial charge in [0.15, 0.2) is 0 Å². The number of benzene rings is 1. The first kappa shape index (κ1) is 19.0. The zero-order chi connectivity index (χ0) is 19.3. The number of likely N-dealkylation sites (tertiary alicyclic amines) is 1. The highest BCUT2D eigenvalue weighted by Gasteiger charge is 2.21. The van der Waals surface area contributed by atoms with Gasteiger partial charge < -0.3 is 14.7 Å². The maximum absolute atomic E-state index is 12.7. The zero-order valence-corrected chi connectivity index (χ0v) is 16.8. The summed E-state index contributed by atoms with van der Waals surface area (Å²) in [4.78, 5) is 28.1. The average Bonchev–Trinajstić information content (AvgIpc) is 3.03. The zero-order valence-electron chi connectivity index (χ0n) is 16.1. The summed E-state index contributed by atoms with van der Waals surface area (Å²) in [5, 5.41) is 0.760. The Morgan fingerprint density at radius 1 is 0.857 bits per heavy atom. The Hall–Kier alpha value is -2.34. The van der Waals surface area contributed by atoms with Crippen LogP contribution < -0.4 is 9.80 Å². The number of hydrogen-bond donors (Lipinski definition) is 0. The van der Waals surface area contributed by atoms with Crippen molar-refractivity contribution in [3.8, 4) is 0 Å². The monoisotopic (exact) mass is 399 g/mol. The number of aromatic nitrogens is 2. The van der Waals surface area contributed by atoms with Crippen molar-refractivity contribution in [1.82, 2.24) is 14.9 Å². The van der Waals surface area contributed by atoms with Crippen molar-refractivity contribution >= 4 is 29.0 Å². The second-order valence-electron chi connectivity index (χ2n) is 7.42. The molecule has 2 aliphatic rings. The lowest BCUT2D eigenvalue weighted by atomic mass is 10.2. The summed E-state index contributed by atoms with van der Waals surface area (Å²) in [5.74, 6) is 0.838. The summed E-state index contributed by atoms with van der Waals surface area (Å²) in [5.41, 5.74) is 1.60. The van der Waals surface area contributed by atoms with Gasteiger partial charge in [-0.3, -0.25) is 4.79 Å². The summed E-state index contributed by atoms with van der Waals surface area (Å²) < 4.78 is 0. The molecule has 2 aliphatic heterocycles. The summed E-state index contributed by atoms with van der Waals surface area (Å²) in [6.45, 7) is 5.18. The van der Waals surface area contributed by atoms with Crippen LogP contribution in [0.3, 0.4) is 0 Å². The first-order chi connectivity index (χ1) is 13.7. The van der Waals surface area contributed by atoms with E-state index >= 15 is 0 Å². The molecule has 6 nitrogen and oxygen atoms in total. The Morgan fingerprint density at radius 2 is 1.57 bits per heavy atom. The van der Waals surface area contributed by atoms with Crippen molar-refractivity contribution in [2.75, 3.05) is 49.1 Å². The van der Waals surface area contributed by atoms with Gasteiger partial charge in [0, 0.05) is 50.0 Å². The second-order valence-corrected chi connectivity index (χ2v) is 7.86. The Morgan fingerprint density at radius 3 is 2.21 bits per heavy atom. The molecule has 1 aromatic carbocycles. The van der Waals surface area contributed by atoms with Crippen LogP contribution in [0.4, 0.5) is 11.5 Å². The summed E-state index contributed by atoms with van der Waals surface area (Å²) in [6.07, 6.45) is 7.93. The highest BCUT2D eigenvalue weighted by molar-refractivity contribution is 6.30. The number of carbonyl (C=O) groups excluding carboxylic acids is 1. The normalized spacial score (nSPS) is 18.1. The largest absolute Gasteiger partial charge is 0.368 e. The van der Waals surface area contributed by atoms with E-state index in [0.29, 0.717) is 5.69 Å². The predicted octanol–water partition coefficient (Wildman–Crippen LogP) is 3.47. The fourth-order valence-corrected chi connectivity index (χ4v) is 4.08. The maximum atomic E-state index is 12.7. The summed E-state index contributed by atoms with van der Waals surface area (Å²) >= 11 is 6.11. The summed E-state index contributed by atoms with van der Waals surface area (Å²) in [7, 11) is 0. The van der Waals surface area contributed by atoms with Gasteiger partial charge in [0.1, 0.15) is 11.5 Å². The van der Waals surface area contributed by atoms with Gasteiger partial charge in [0.05, 0.1) is 12.4 Å². The maximum Gasteiger partial charge on any atom is 0.274 e. The molecule has 3 heterocycles. The van der Waals surface area contributed by atoms with Crippen LogP contribution in [0, 0.1) is 0 Å². The lowest BCUT2D eigenvalue weighted by Gasteiger charge is -2.36. The van der Waals surface area contributed by atoms with E-state index in [1.165, 1.54) is 12.8 Å². The number of carbonyl (C=O) groups is 1. The molecule has 7 heteroatoms. The molecule has 1 aromatic heterocycles. The number of halogens is 1. The first-order valence-electron chi connectivity index (χ1n) is 10.1. The smallest absolute Gasteiger partial charge is 0.274 e. The van der Waals surface area contributed by atoms with Crippen LogP contribution in [0.2, 0.25) is 5.02 Å². The number of anilines is 2. The average molecular weight is 400 g/mol. The minimum Gasteiger partial charge on any atom is -0.368 e. The van der Waals surface area contributed by atoms with Crippen molar-refractivity contribution in [2.24, 2.45) is 0 Å². The van der Waals surface area contributed by atoms with E-state index in [4.69, 9.17) is 11.6 Å². The first-order valence-corrected chi connectivity index (χ1v) is 10.5. The van der Waals surface area contributed by atoms with E-state index in [9.17, 15) is 4.79 Å². The third kappa shape index (κ3) is 4.38. The molecule has 1 amide bonds. The van der Waals surface area contributed by atoms with Gasteiger partial charge in [0.25, 0.3) is 5.91 Å². The quantitative estimate of drug-likeness (QED) is 0.790. The van der Waals surface area contributed by atoms with Gasteiger partial charge in [-0.05, 0) is 31.0 Å². The molecule has 0 saturated carbocycles. The number of rotatable bonds is 3. The molecule has 0 spiro atoms. The van der Waals surface area contributed by atoms with Crippen LogP contribution in [-0.2, 0) is 0 Å². The van der Waals surface area contributed by atoms with Crippen molar-refractivity contribution in [1.29, 1.82) is 0 Å². The van der Waals surface area contributed by atoms with Crippen LogP contribution in [0.15, 0.2) is 36.7 Å². The molecule has 0 radical (unpaired) electrons. The SMILES string of the molecule is O=C(c1cnc(N2CCN(c3cccc(Cl)c3)CC2)cn1)N1CCCCCC1. The van der Waals surface area contributed by atoms with Crippen molar-refractivity contribution < 1.29 is 4.79 Å². The van der Waals surface area contributed by atoms with E-state index in [2.05, 4.69) is 25.8 Å². The van der Waals surface area contributed by atoms with Crippen molar-refractivity contribution in [2.45, 2.75) is 25.7 Å². The van der Waals surface area contributed by atoms with Crippen LogP contribution in [-0.4, -0.2) is 60.0 Å². The number of nitrogens with zero attached hydrogens (tertiary/aromatic N) is 5. The van der Waals surface area contributed by atoms with Gasteiger partial charge in [0.2, 0.25) is 0 Å². The van der Waals surface area contributed by atoms with E-state index in [1.54, 1.807) is 12.4 Å². The molecular weight excluding hydrogens is 374 g/mol. The highest BCUT2D eigenvalue weighted by Crippen LogP contribution is 2.22. The fraction of sp³-hybridized carbons (Fsp3) is 0.476. The topological polar surface area (TPSA) is 52.6 Å². The minimum absolute atomic E-state index is 0.00623. The molecule has 2 saturated heterocycles. The van der Waals surface area contributed by atoms with Crippen LogP contribution >= 0.6 is 11.6 Å². The molecule has 0 atom stereocenters. The van der Waals surface area contributed by atoms with Gasteiger partial charge in [-0.15, -0.1) is 0 Å². The lowest BCUT2D eigenvalue weighted by Crippen LogP contribution is -2.46. The van der Waals surface area contributed by atoms with Gasteiger partial charge >= 0.3 is 0 Å². The van der Waals surface area contributed by atoms with E-state index < -0.39 is 0 Å². The van der Waals surface area contributed by atoms with Crippen LogP contribution in [0.5, 0.6) is 0 Å². The molecule has 0 N–H and O–H groups in total. The number of amides is 1. The van der Waals surface area contributed by atoms with Crippen molar-refractivity contribution in [3.63, 3.8) is 0 Å². The van der Waals surface area contributed by atoms with E-state index in [-0.39, 0.29) is 5.91 Å². The molecular formula is C21H26ClN5O. The third-order valence-electron chi connectivity index (χ3n) is 5.53. The molecule has 4 rings (SSSR count).